The molecule has 0 bridgehead atoms. The number of fused-ring (bicyclic) bond motifs is 3. The number of aromatic nitrogens is 1. The van der Waals surface area contributed by atoms with Gasteiger partial charge in [-0.1, -0.05) is 0 Å². The number of rotatable bonds is 3. The minimum atomic E-state index is -0.386. The lowest BCUT2D eigenvalue weighted by molar-refractivity contribution is -0.384. The molecule has 1 aliphatic rings. The number of carbonyl (C=O) groups excluding carboxylic acids is 1. The third-order valence-electron chi connectivity index (χ3n) is 4.00. The maximum atomic E-state index is 11.8. The minimum Gasteiger partial charge on any atom is -0.466 e. The van der Waals surface area contributed by atoms with E-state index in [2.05, 4.69) is 4.98 Å². The molecule has 1 heterocycles. The second-order valence-corrected chi connectivity index (χ2v) is 5.26. The van der Waals surface area contributed by atoms with E-state index in [0.717, 1.165) is 35.0 Å². The van der Waals surface area contributed by atoms with Crippen molar-refractivity contribution in [2.24, 2.45) is 5.92 Å². The van der Waals surface area contributed by atoms with Crippen LogP contribution in [0, 0.1) is 16.0 Å². The van der Waals surface area contributed by atoms with Crippen molar-refractivity contribution >= 4 is 22.6 Å². The number of aryl methyl sites for hydroxylation is 1. The first kappa shape index (κ1) is 13.6. The Balaban J connectivity index is 1.95. The first-order valence-corrected chi connectivity index (χ1v) is 7.04. The van der Waals surface area contributed by atoms with E-state index in [-0.39, 0.29) is 22.5 Å². The maximum Gasteiger partial charge on any atom is 0.309 e. The summed E-state index contributed by atoms with van der Waals surface area (Å²) < 4.78 is 5.08. The predicted molar refractivity (Wildman–Crippen MR) is 77.1 cm³/mol. The average Bonchev–Trinajstić information content (AvgIpc) is 2.84. The van der Waals surface area contributed by atoms with Crippen LogP contribution in [0.25, 0.3) is 10.9 Å². The molecular formula is C15H16N2O4. The molecule has 1 aromatic heterocycles. The molecule has 0 fully saturated rings. The highest BCUT2D eigenvalue weighted by molar-refractivity contribution is 5.87. The summed E-state index contributed by atoms with van der Waals surface area (Å²) in [4.78, 5) is 25.6. The van der Waals surface area contributed by atoms with Crippen molar-refractivity contribution in [3.63, 3.8) is 0 Å². The summed E-state index contributed by atoms with van der Waals surface area (Å²) in [5, 5.41) is 11.8. The zero-order valence-corrected chi connectivity index (χ0v) is 11.7. The van der Waals surface area contributed by atoms with Gasteiger partial charge in [-0.05, 0) is 31.4 Å². The molecule has 6 nitrogen and oxygen atoms in total. The van der Waals surface area contributed by atoms with Crippen LogP contribution in [-0.2, 0) is 22.4 Å². The Bertz CT molecular complexity index is 720. The Morgan fingerprint density at radius 1 is 1.52 bits per heavy atom. The molecule has 0 saturated heterocycles. The number of non-ortho nitro benzene ring substituents is 1. The van der Waals surface area contributed by atoms with Gasteiger partial charge < -0.3 is 9.72 Å². The van der Waals surface area contributed by atoms with Gasteiger partial charge in [0.1, 0.15) is 0 Å². The molecule has 21 heavy (non-hydrogen) atoms. The van der Waals surface area contributed by atoms with Crippen LogP contribution in [-0.4, -0.2) is 22.5 Å². The Morgan fingerprint density at radius 2 is 2.33 bits per heavy atom. The molecule has 0 spiro atoms. The molecule has 1 N–H and O–H groups in total. The Labute approximate surface area is 121 Å². The second kappa shape index (κ2) is 5.20. The van der Waals surface area contributed by atoms with Crippen molar-refractivity contribution in [1.29, 1.82) is 0 Å². The van der Waals surface area contributed by atoms with Crippen LogP contribution >= 0.6 is 0 Å². The third kappa shape index (κ3) is 2.37. The molecule has 2 aromatic rings. The summed E-state index contributed by atoms with van der Waals surface area (Å²) in [5.41, 5.74) is 3.07. The van der Waals surface area contributed by atoms with E-state index in [9.17, 15) is 14.9 Å². The van der Waals surface area contributed by atoms with Gasteiger partial charge in [0, 0.05) is 35.2 Å². The molecular weight excluding hydrogens is 272 g/mol. The molecule has 1 aromatic carbocycles. The number of nitrogens with zero attached hydrogens (tertiary/aromatic N) is 1. The highest BCUT2D eigenvalue weighted by atomic mass is 16.6. The van der Waals surface area contributed by atoms with E-state index in [0.29, 0.717) is 13.0 Å². The molecule has 0 radical (unpaired) electrons. The van der Waals surface area contributed by atoms with E-state index in [1.807, 2.05) is 0 Å². The van der Waals surface area contributed by atoms with Crippen molar-refractivity contribution in [2.75, 3.05) is 6.61 Å². The van der Waals surface area contributed by atoms with Crippen LogP contribution in [0.2, 0.25) is 0 Å². The summed E-state index contributed by atoms with van der Waals surface area (Å²) in [7, 11) is 0. The lowest BCUT2D eigenvalue weighted by Gasteiger charge is -2.20. The first-order chi connectivity index (χ1) is 10.1. The van der Waals surface area contributed by atoms with Crippen molar-refractivity contribution in [3.8, 4) is 0 Å². The van der Waals surface area contributed by atoms with Crippen LogP contribution in [0.15, 0.2) is 18.2 Å². The van der Waals surface area contributed by atoms with Crippen molar-refractivity contribution < 1.29 is 14.5 Å². The zero-order chi connectivity index (χ0) is 15.0. The summed E-state index contributed by atoms with van der Waals surface area (Å²) >= 11 is 0. The smallest absolute Gasteiger partial charge is 0.309 e. The zero-order valence-electron chi connectivity index (χ0n) is 11.7. The van der Waals surface area contributed by atoms with Gasteiger partial charge in [-0.25, -0.2) is 0 Å². The van der Waals surface area contributed by atoms with Crippen molar-refractivity contribution in [3.05, 3.63) is 39.6 Å². The largest absolute Gasteiger partial charge is 0.466 e. The van der Waals surface area contributed by atoms with E-state index in [1.165, 1.54) is 6.07 Å². The quantitative estimate of drug-likeness (QED) is 0.534. The fourth-order valence-electron chi connectivity index (χ4n) is 2.99. The Kier molecular flexibility index (Phi) is 3.37. The summed E-state index contributed by atoms with van der Waals surface area (Å²) in [6.07, 6.45) is 2.07. The molecule has 0 saturated carbocycles. The van der Waals surface area contributed by atoms with Crippen LogP contribution in [0.4, 0.5) is 5.69 Å². The maximum absolute atomic E-state index is 11.8. The number of nitrogens with one attached hydrogen (secondary N) is 1. The second-order valence-electron chi connectivity index (χ2n) is 5.26. The number of hydrogen-bond donors (Lipinski definition) is 1. The first-order valence-electron chi connectivity index (χ1n) is 7.04. The van der Waals surface area contributed by atoms with E-state index < -0.39 is 0 Å². The number of aromatic amines is 1. The number of benzene rings is 1. The minimum absolute atomic E-state index is 0.0943. The van der Waals surface area contributed by atoms with Gasteiger partial charge in [0.25, 0.3) is 5.69 Å². The number of H-pyrrole nitrogens is 1. The van der Waals surface area contributed by atoms with Crippen molar-refractivity contribution in [2.45, 2.75) is 26.2 Å². The number of ether oxygens (including phenoxy) is 1. The molecule has 1 atom stereocenters. The number of nitro groups is 1. The molecule has 110 valence electrons. The summed E-state index contributed by atoms with van der Waals surface area (Å²) in [6, 6.07) is 4.83. The van der Waals surface area contributed by atoms with E-state index in [1.54, 1.807) is 19.1 Å². The van der Waals surface area contributed by atoms with Gasteiger partial charge in [0.2, 0.25) is 0 Å². The number of esters is 1. The predicted octanol–water partition coefficient (Wildman–Crippen LogP) is 2.74. The van der Waals surface area contributed by atoms with Crippen LogP contribution in [0.1, 0.15) is 24.6 Å². The van der Waals surface area contributed by atoms with Crippen molar-refractivity contribution in [1.82, 2.24) is 4.98 Å². The molecule has 1 aliphatic carbocycles. The molecule has 0 aliphatic heterocycles. The van der Waals surface area contributed by atoms with Gasteiger partial charge in [0.15, 0.2) is 0 Å². The van der Waals surface area contributed by atoms with Gasteiger partial charge in [0.05, 0.1) is 17.4 Å². The summed E-state index contributed by atoms with van der Waals surface area (Å²) in [6.45, 7) is 2.19. The van der Waals surface area contributed by atoms with E-state index in [4.69, 9.17) is 4.74 Å². The third-order valence-corrected chi connectivity index (χ3v) is 4.00. The number of carbonyl (C=O) groups is 1. The van der Waals surface area contributed by atoms with Gasteiger partial charge in [-0.15, -0.1) is 0 Å². The van der Waals surface area contributed by atoms with Crippen LogP contribution < -0.4 is 0 Å². The van der Waals surface area contributed by atoms with Gasteiger partial charge in [-0.3, -0.25) is 14.9 Å². The fourth-order valence-corrected chi connectivity index (χ4v) is 2.99. The molecule has 3 rings (SSSR count). The van der Waals surface area contributed by atoms with Crippen LogP contribution in [0.3, 0.4) is 0 Å². The Hall–Kier alpha value is -2.37. The van der Waals surface area contributed by atoms with Gasteiger partial charge >= 0.3 is 5.97 Å². The van der Waals surface area contributed by atoms with E-state index >= 15 is 0 Å². The molecule has 1 unspecified atom stereocenters. The van der Waals surface area contributed by atoms with Gasteiger partial charge in [-0.2, -0.15) is 0 Å². The van der Waals surface area contributed by atoms with Crippen LogP contribution in [0.5, 0.6) is 0 Å². The number of hydrogen-bond acceptors (Lipinski definition) is 4. The topological polar surface area (TPSA) is 85.2 Å². The summed E-state index contributed by atoms with van der Waals surface area (Å²) in [5.74, 6) is -0.284. The fraction of sp³-hybridized carbons (Fsp3) is 0.400. The average molecular weight is 288 g/mol. The lowest BCUT2D eigenvalue weighted by Crippen LogP contribution is -2.24. The lowest BCUT2D eigenvalue weighted by atomic mass is 9.87. The normalized spacial score (nSPS) is 17.5. The standard InChI is InChI=1S/C15H16N2O4/c1-2-21-15(18)9-3-5-11-12-8-10(17(19)20)4-6-13(12)16-14(11)7-9/h4,6,8-9,16H,2-3,5,7H2,1H3. The number of nitro benzene ring substituents is 1. The highest BCUT2D eigenvalue weighted by Gasteiger charge is 2.28. The monoisotopic (exact) mass is 288 g/mol. The SMILES string of the molecule is CCOC(=O)C1CCc2c([nH]c3ccc([N+](=O)[O-])cc23)C1. The molecule has 0 amide bonds. The highest BCUT2D eigenvalue weighted by Crippen LogP contribution is 2.33. The molecule has 6 heteroatoms. The Morgan fingerprint density at radius 3 is 3.05 bits per heavy atom.